The first-order chi connectivity index (χ1) is 5.41. The Balaban J connectivity index is 2.59. The molecule has 1 heterocycles. The number of phosphoric ester groups is 1. The molecule has 12 heavy (non-hydrogen) atoms. The Labute approximate surface area is 69.0 Å². The lowest BCUT2D eigenvalue weighted by Gasteiger charge is -2.21. The number of nitrogens with two attached hydrogens (primary N) is 1. The third kappa shape index (κ3) is 3.33. The van der Waals surface area contributed by atoms with Gasteiger partial charge in [-0.05, 0) is 6.42 Å². The number of hydrogen-bond donors (Lipinski definition) is 2. The van der Waals surface area contributed by atoms with Crippen molar-refractivity contribution in [2.75, 3.05) is 13.2 Å². The number of phosphoric acid groups is 1. The average molecular weight is 217 g/mol. The molecule has 7 nitrogen and oxygen atoms in total. The summed E-state index contributed by atoms with van der Waals surface area (Å²) in [6.07, 6.45) is 0.563. The molecule has 0 radical (unpaired) electrons. The van der Waals surface area contributed by atoms with Crippen molar-refractivity contribution < 1.29 is 27.4 Å². The summed E-state index contributed by atoms with van der Waals surface area (Å²) in [6, 6.07) is 0. The summed E-state index contributed by atoms with van der Waals surface area (Å²) in [6.45, 7) is 0.328. The van der Waals surface area contributed by atoms with Crippen molar-refractivity contribution in [3.63, 3.8) is 0 Å². The van der Waals surface area contributed by atoms with Gasteiger partial charge >= 0.3 is 15.6 Å². The molecule has 1 atom stereocenters. The minimum atomic E-state index is -4.31. The van der Waals surface area contributed by atoms with E-state index in [-0.39, 0.29) is 13.2 Å². The molecule has 1 unspecified atom stereocenters. The molecule has 0 saturated carbocycles. The highest BCUT2D eigenvalue weighted by Crippen LogP contribution is 2.60. The predicted molar refractivity (Wildman–Crippen MR) is 39.2 cm³/mol. The lowest BCUT2D eigenvalue weighted by molar-refractivity contribution is 0.104. The van der Waals surface area contributed by atoms with E-state index in [0.717, 1.165) is 0 Å². The van der Waals surface area contributed by atoms with Gasteiger partial charge in [0, 0.05) is 0 Å². The van der Waals surface area contributed by atoms with Crippen LogP contribution in [0.1, 0.15) is 6.42 Å². The molecule has 0 amide bonds. The van der Waals surface area contributed by atoms with E-state index in [1.54, 1.807) is 0 Å². The zero-order valence-corrected chi connectivity index (χ0v) is 7.87. The van der Waals surface area contributed by atoms with E-state index in [2.05, 4.69) is 18.9 Å². The highest BCUT2D eigenvalue weighted by Gasteiger charge is 2.36. The second-order valence-electron chi connectivity index (χ2n) is 2.11. The fraction of sp³-hybridized carbons (Fsp3) is 1.00. The van der Waals surface area contributed by atoms with Gasteiger partial charge in [0.2, 0.25) is 0 Å². The Kier molecular flexibility index (Phi) is 3.06. The number of rotatable bonds is 2. The van der Waals surface area contributed by atoms with Crippen LogP contribution in [0.5, 0.6) is 0 Å². The van der Waals surface area contributed by atoms with Gasteiger partial charge in [0.15, 0.2) is 0 Å². The van der Waals surface area contributed by atoms with Crippen LogP contribution in [0.4, 0.5) is 0 Å². The maximum Gasteiger partial charge on any atom is 0.482 e. The van der Waals surface area contributed by atoms with Crippen molar-refractivity contribution in [1.82, 2.24) is 0 Å². The molecule has 0 aromatic carbocycles. The van der Waals surface area contributed by atoms with Crippen LogP contribution in [0, 0.1) is 0 Å². The maximum atomic E-state index is 11.2. The van der Waals surface area contributed by atoms with Gasteiger partial charge in [-0.2, -0.15) is 4.31 Å². The first-order valence-electron chi connectivity index (χ1n) is 3.13. The topological polar surface area (TPSA) is 108 Å². The summed E-state index contributed by atoms with van der Waals surface area (Å²) in [5.74, 6) is 0. The molecule has 72 valence electrons. The SMILES string of the molecule is NP(=O)(O)OP1(=O)OCCCO1. The second-order valence-corrected chi connectivity index (χ2v) is 5.31. The van der Waals surface area contributed by atoms with Gasteiger partial charge < -0.3 is 4.89 Å². The molecule has 1 rings (SSSR count). The Morgan fingerprint density at radius 1 is 1.50 bits per heavy atom. The van der Waals surface area contributed by atoms with Gasteiger partial charge in [0.25, 0.3) is 0 Å². The van der Waals surface area contributed by atoms with Crippen LogP contribution in [0.25, 0.3) is 0 Å². The average Bonchev–Trinajstić information content (AvgIpc) is 1.83. The molecule has 9 heteroatoms. The van der Waals surface area contributed by atoms with E-state index < -0.39 is 15.6 Å². The standard InChI is InChI=1S/C3H9NO6P2/c4-11(5,6)10-12(7)8-2-1-3-9-12/h1-3H2,(H3,4,5,6). The van der Waals surface area contributed by atoms with E-state index in [9.17, 15) is 9.13 Å². The van der Waals surface area contributed by atoms with Crippen LogP contribution in [0.15, 0.2) is 0 Å². The van der Waals surface area contributed by atoms with Gasteiger partial charge in [-0.15, -0.1) is 0 Å². The van der Waals surface area contributed by atoms with Crippen LogP contribution in [-0.2, 0) is 22.5 Å². The highest BCUT2D eigenvalue weighted by molar-refractivity contribution is 7.63. The fourth-order valence-corrected chi connectivity index (χ4v) is 2.94. The molecule has 0 spiro atoms. The van der Waals surface area contributed by atoms with E-state index in [0.29, 0.717) is 6.42 Å². The molecular formula is C3H9NO6P2. The Hall–Kier alpha value is 0.260. The summed E-state index contributed by atoms with van der Waals surface area (Å²) >= 11 is 0. The Morgan fingerprint density at radius 3 is 2.42 bits per heavy atom. The largest absolute Gasteiger partial charge is 0.482 e. The van der Waals surface area contributed by atoms with Gasteiger partial charge in [-0.1, -0.05) is 0 Å². The normalized spacial score (nSPS) is 27.8. The van der Waals surface area contributed by atoms with Crippen molar-refractivity contribution in [3.05, 3.63) is 0 Å². The third-order valence-electron chi connectivity index (χ3n) is 1.00. The summed E-state index contributed by atoms with van der Waals surface area (Å²) in [7, 11) is -8.19. The van der Waals surface area contributed by atoms with Crippen LogP contribution in [0.3, 0.4) is 0 Å². The van der Waals surface area contributed by atoms with Crippen molar-refractivity contribution in [3.8, 4) is 0 Å². The monoisotopic (exact) mass is 217 g/mol. The van der Waals surface area contributed by atoms with Gasteiger partial charge in [-0.3, -0.25) is 9.05 Å². The van der Waals surface area contributed by atoms with Crippen LogP contribution < -0.4 is 5.50 Å². The lowest BCUT2D eigenvalue weighted by Crippen LogP contribution is -2.10. The van der Waals surface area contributed by atoms with Crippen LogP contribution in [-0.4, -0.2) is 18.1 Å². The highest BCUT2D eigenvalue weighted by atomic mass is 31.3. The summed E-state index contributed by atoms with van der Waals surface area (Å²) in [5, 5.41) is 0. The Bertz CT molecular complexity index is 237. The second kappa shape index (κ2) is 3.55. The summed E-state index contributed by atoms with van der Waals surface area (Å²) < 4.78 is 34.8. The summed E-state index contributed by atoms with van der Waals surface area (Å²) in [5.41, 5.74) is 4.61. The minimum Gasteiger partial charge on any atom is -0.312 e. The molecule has 1 aliphatic rings. The first-order valence-corrected chi connectivity index (χ1v) is 6.24. The molecule has 0 aliphatic carbocycles. The quantitative estimate of drug-likeness (QED) is 0.652. The van der Waals surface area contributed by atoms with Gasteiger partial charge in [-0.25, -0.2) is 14.6 Å². The van der Waals surface area contributed by atoms with Gasteiger partial charge in [0.05, 0.1) is 13.2 Å². The van der Waals surface area contributed by atoms with E-state index in [1.165, 1.54) is 0 Å². The molecule has 1 aliphatic heterocycles. The van der Waals surface area contributed by atoms with E-state index in [1.807, 2.05) is 0 Å². The van der Waals surface area contributed by atoms with E-state index >= 15 is 0 Å². The molecule has 0 aromatic rings. The van der Waals surface area contributed by atoms with E-state index in [4.69, 9.17) is 4.89 Å². The number of hydrogen-bond acceptors (Lipinski definition) is 5. The van der Waals surface area contributed by atoms with Gasteiger partial charge in [0.1, 0.15) is 0 Å². The van der Waals surface area contributed by atoms with Crippen molar-refractivity contribution in [2.45, 2.75) is 6.42 Å². The van der Waals surface area contributed by atoms with Crippen LogP contribution in [0.2, 0.25) is 0 Å². The smallest absolute Gasteiger partial charge is 0.312 e. The van der Waals surface area contributed by atoms with Crippen molar-refractivity contribution >= 4 is 15.6 Å². The van der Waals surface area contributed by atoms with Crippen molar-refractivity contribution in [1.29, 1.82) is 0 Å². The molecule has 1 saturated heterocycles. The van der Waals surface area contributed by atoms with Crippen molar-refractivity contribution in [2.24, 2.45) is 5.50 Å². The first kappa shape index (κ1) is 10.3. The third-order valence-corrected chi connectivity index (χ3v) is 3.74. The Morgan fingerprint density at radius 2 is 2.00 bits per heavy atom. The summed E-state index contributed by atoms with van der Waals surface area (Å²) in [4.78, 5) is 8.51. The zero-order valence-electron chi connectivity index (χ0n) is 6.08. The molecule has 1 fully saturated rings. The fourth-order valence-electron chi connectivity index (χ4n) is 0.639. The zero-order chi connectivity index (χ0) is 9.24. The maximum absolute atomic E-state index is 11.2. The molecule has 3 N–H and O–H groups in total. The molecule has 0 aromatic heterocycles. The predicted octanol–water partition coefficient (Wildman–Crippen LogP) is 0.607. The van der Waals surface area contributed by atoms with Crippen LogP contribution >= 0.6 is 15.6 Å². The molecule has 0 bridgehead atoms. The minimum absolute atomic E-state index is 0.164. The lowest BCUT2D eigenvalue weighted by atomic mass is 10.5. The molecular weight excluding hydrogens is 208 g/mol.